The molecule has 5 heteroatoms. The first-order chi connectivity index (χ1) is 11.2. The molecule has 0 radical (unpaired) electrons. The summed E-state index contributed by atoms with van der Waals surface area (Å²) in [6, 6.07) is 13.3. The van der Waals surface area contributed by atoms with E-state index in [1.807, 2.05) is 42.5 Å². The summed E-state index contributed by atoms with van der Waals surface area (Å²) in [5.74, 6) is 2.23. The summed E-state index contributed by atoms with van der Waals surface area (Å²) < 4.78 is 16.0. The Morgan fingerprint density at radius 1 is 1.17 bits per heavy atom. The lowest BCUT2D eigenvalue weighted by Gasteiger charge is -2.18. The second-order valence-corrected chi connectivity index (χ2v) is 5.30. The second-order valence-electron chi connectivity index (χ2n) is 5.30. The smallest absolute Gasteiger partial charge is 0.231 e. The van der Waals surface area contributed by atoms with Crippen molar-refractivity contribution in [1.82, 2.24) is 0 Å². The van der Waals surface area contributed by atoms with Crippen LogP contribution in [0, 0.1) is 0 Å². The van der Waals surface area contributed by atoms with Crippen LogP contribution < -0.4 is 19.1 Å². The average Bonchev–Trinajstić information content (AvgIpc) is 3.06. The number of rotatable bonds is 5. The molecule has 0 bridgehead atoms. The number of carbonyl (C=O) groups excluding carboxylic acids is 1. The molecule has 0 aromatic heterocycles. The van der Waals surface area contributed by atoms with E-state index in [0.29, 0.717) is 24.3 Å². The van der Waals surface area contributed by atoms with Crippen LogP contribution >= 0.6 is 0 Å². The number of benzene rings is 2. The maximum atomic E-state index is 12.4. The fourth-order valence-electron chi connectivity index (χ4n) is 2.56. The molecule has 0 fully saturated rings. The van der Waals surface area contributed by atoms with Crippen molar-refractivity contribution in [2.75, 3.05) is 25.9 Å². The lowest BCUT2D eigenvalue weighted by atomic mass is 10.1. The van der Waals surface area contributed by atoms with Crippen molar-refractivity contribution in [3.63, 3.8) is 0 Å². The molecule has 0 spiro atoms. The van der Waals surface area contributed by atoms with Gasteiger partial charge < -0.3 is 19.1 Å². The molecule has 1 aliphatic heterocycles. The van der Waals surface area contributed by atoms with Gasteiger partial charge in [0.25, 0.3) is 0 Å². The zero-order valence-electron chi connectivity index (χ0n) is 13.2. The molecular weight excluding hydrogens is 294 g/mol. The van der Waals surface area contributed by atoms with Gasteiger partial charge in [-0.3, -0.25) is 4.79 Å². The summed E-state index contributed by atoms with van der Waals surface area (Å²) in [5, 5.41) is 0. The Morgan fingerprint density at radius 3 is 2.78 bits per heavy atom. The Morgan fingerprint density at radius 2 is 1.96 bits per heavy atom. The van der Waals surface area contributed by atoms with E-state index in [1.165, 1.54) is 0 Å². The van der Waals surface area contributed by atoms with Crippen molar-refractivity contribution < 1.29 is 19.0 Å². The Hall–Kier alpha value is -2.69. The molecule has 5 nitrogen and oxygen atoms in total. The third-order valence-electron chi connectivity index (χ3n) is 3.92. The predicted octanol–water partition coefficient (Wildman–Crippen LogP) is 3.02. The first kappa shape index (κ1) is 15.2. The topological polar surface area (TPSA) is 48.0 Å². The van der Waals surface area contributed by atoms with Crippen molar-refractivity contribution >= 4 is 11.6 Å². The summed E-state index contributed by atoms with van der Waals surface area (Å²) >= 11 is 0. The van der Waals surface area contributed by atoms with Gasteiger partial charge in [0.2, 0.25) is 12.7 Å². The second kappa shape index (κ2) is 6.60. The standard InChI is InChI=1S/C18H19NO4/c1-19(14-8-9-16-17(11-14)23-12-22-16)18(20)10-7-13-5-3-4-6-15(13)21-2/h3-6,8-9,11H,7,10,12H2,1-2H3. The highest BCUT2D eigenvalue weighted by molar-refractivity contribution is 5.93. The maximum Gasteiger partial charge on any atom is 0.231 e. The van der Waals surface area contributed by atoms with E-state index in [1.54, 1.807) is 19.1 Å². The first-order valence-electron chi connectivity index (χ1n) is 7.47. The van der Waals surface area contributed by atoms with E-state index in [-0.39, 0.29) is 12.7 Å². The number of aryl methyl sites for hydroxylation is 1. The van der Waals surface area contributed by atoms with Crippen LogP contribution in [0.4, 0.5) is 5.69 Å². The van der Waals surface area contributed by atoms with E-state index in [9.17, 15) is 4.79 Å². The molecule has 23 heavy (non-hydrogen) atoms. The van der Waals surface area contributed by atoms with Gasteiger partial charge in [0.1, 0.15) is 5.75 Å². The van der Waals surface area contributed by atoms with Crippen LogP contribution in [0.3, 0.4) is 0 Å². The molecule has 0 aliphatic carbocycles. The number of fused-ring (bicyclic) bond motifs is 1. The average molecular weight is 313 g/mol. The largest absolute Gasteiger partial charge is 0.496 e. The summed E-state index contributed by atoms with van der Waals surface area (Å²) in [4.78, 5) is 14.1. The summed E-state index contributed by atoms with van der Waals surface area (Å²) in [7, 11) is 3.40. The van der Waals surface area contributed by atoms with E-state index in [2.05, 4.69) is 0 Å². The quantitative estimate of drug-likeness (QED) is 0.851. The lowest BCUT2D eigenvalue weighted by molar-refractivity contribution is -0.118. The SMILES string of the molecule is COc1ccccc1CCC(=O)N(C)c1ccc2c(c1)OCO2. The minimum Gasteiger partial charge on any atom is -0.496 e. The van der Waals surface area contributed by atoms with Crippen LogP contribution in [-0.4, -0.2) is 26.9 Å². The Labute approximate surface area is 135 Å². The minimum atomic E-state index is 0.0368. The summed E-state index contributed by atoms with van der Waals surface area (Å²) in [6.45, 7) is 0.226. The minimum absolute atomic E-state index is 0.0368. The third kappa shape index (κ3) is 3.23. The van der Waals surface area contributed by atoms with Crippen molar-refractivity contribution in [1.29, 1.82) is 0 Å². The van der Waals surface area contributed by atoms with Crippen LogP contribution in [0.5, 0.6) is 17.2 Å². The molecule has 3 rings (SSSR count). The molecule has 1 amide bonds. The molecular formula is C18H19NO4. The molecule has 0 atom stereocenters. The molecule has 0 saturated heterocycles. The highest BCUT2D eigenvalue weighted by atomic mass is 16.7. The van der Waals surface area contributed by atoms with Gasteiger partial charge in [-0.05, 0) is 30.2 Å². The van der Waals surface area contributed by atoms with E-state index >= 15 is 0 Å². The number of anilines is 1. The van der Waals surface area contributed by atoms with Gasteiger partial charge in [-0.15, -0.1) is 0 Å². The number of hydrogen-bond acceptors (Lipinski definition) is 4. The fourth-order valence-corrected chi connectivity index (χ4v) is 2.56. The highest BCUT2D eigenvalue weighted by Gasteiger charge is 2.17. The number of nitrogens with zero attached hydrogens (tertiary/aromatic N) is 1. The zero-order chi connectivity index (χ0) is 16.2. The maximum absolute atomic E-state index is 12.4. The molecule has 0 unspecified atom stereocenters. The molecule has 1 heterocycles. The number of amides is 1. The van der Waals surface area contributed by atoms with E-state index in [4.69, 9.17) is 14.2 Å². The number of ether oxygens (including phenoxy) is 3. The lowest BCUT2D eigenvalue weighted by Crippen LogP contribution is -2.26. The predicted molar refractivity (Wildman–Crippen MR) is 87.3 cm³/mol. The molecule has 2 aromatic rings. The Balaban J connectivity index is 1.66. The monoisotopic (exact) mass is 313 g/mol. The van der Waals surface area contributed by atoms with Gasteiger partial charge in [-0.2, -0.15) is 0 Å². The number of methoxy groups -OCH3 is 1. The van der Waals surface area contributed by atoms with Gasteiger partial charge in [0, 0.05) is 25.2 Å². The summed E-state index contributed by atoms with van der Waals surface area (Å²) in [5.41, 5.74) is 1.82. The van der Waals surface area contributed by atoms with Crippen molar-refractivity contribution in [2.45, 2.75) is 12.8 Å². The van der Waals surface area contributed by atoms with Gasteiger partial charge in [0.15, 0.2) is 11.5 Å². The Bertz CT molecular complexity index is 714. The van der Waals surface area contributed by atoms with Crippen molar-refractivity contribution in [3.8, 4) is 17.2 Å². The molecule has 120 valence electrons. The van der Waals surface area contributed by atoms with Gasteiger partial charge >= 0.3 is 0 Å². The van der Waals surface area contributed by atoms with Gasteiger partial charge in [0.05, 0.1) is 7.11 Å². The zero-order valence-corrected chi connectivity index (χ0v) is 13.2. The van der Waals surface area contributed by atoms with Crippen LogP contribution in [0.15, 0.2) is 42.5 Å². The molecule has 0 N–H and O–H groups in total. The Kier molecular flexibility index (Phi) is 4.37. The third-order valence-corrected chi connectivity index (χ3v) is 3.92. The first-order valence-corrected chi connectivity index (χ1v) is 7.47. The van der Waals surface area contributed by atoms with Crippen LogP contribution in [0.1, 0.15) is 12.0 Å². The van der Waals surface area contributed by atoms with Crippen LogP contribution in [0.25, 0.3) is 0 Å². The van der Waals surface area contributed by atoms with Gasteiger partial charge in [-0.1, -0.05) is 18.2 Å². The van der Waals surface area contributed by atoms with E-state index in [0.717, 1.165) is 17.0 Å². The fraction of sp³-hybridized carbons (Fsp3) is 0.278. The van der Waals surface area contributed by atoms with E-state index < -0.39 is 0 Å². The summed E-state index contributed by atoms with van der Waals surface area (Å²) in [6.07, 6.45) is 1.04. The van der Waals surface area contributed by atoms with Crippen molar-refractivity contribution in [2.24, 2.45) is 0 Å². The van der Waals surface area contributed by atoms with Crippen LogP contribution in [0.2, 0.25) is 0 Å². The number of para-hydroxylation sites is 1. The highest BCUT2D eigenvalue weighted by Crippen LogP contribution is 2.35. The number of hydrogen-bond donors (Lipinski definition) is 0. The normalized spacial score (nSPS) is 12.1. The van der Waals surface area contributed by atoms with Gasteiger partial charge in [-0.25, -0.2) is 0 Å². The van der Waals surface area contributed by atoms with Crippen LogP contribution in [-0.2, 0) is 11.2 Å². The number of carbonyl (C=O) groups is 1. The molecule has 0 saturated carbocycles. The molecule has 2 aromatic carbocycles. The molecule has 1 aliphatic rings. The van der Waals surface area contributed by atoms with Crippen molar-refractivity contribution in [3.05, 3.63) is 48.0 Å².